The summed E-state index contributed by atoms with van der Waals surface area (Å²) in [7, 11) is 6.26. The third-order valence-corrected chi connectivity index (χ3v) is 5.41. The van der Waals surface area contributed by atoms with Gasteiger partial charge in [-0.15, -0.1) is 0 Å². The molecule has 0 atom stereocenters. The molecular formula is C26H53N2O3+. The standard InChI is InChI=1S/C26H52N2O3/c1-6-7-8-9-10-11-12-13-14-15-16-17-18-19-22-30-23-25(2)24-31-26(29)27-20-21-28(3,4)5/h2,6-24H2,1,3-5H3/p+1. The number of likely N-dealkylation sites (N-methyl/N-ethyl adjacent to an activating group) is 1. The average molecular weight is 442 g/mol. The van der Waals surface area contributed by atoms with Crippen LogP contribution in [0, 0.1) is 0 Å². The van der Waals surface area contributed by atoms with Crippen LogP contribution >= 0.6 is 0 Å². The molecule has 0 aliphatic rings. The zero-order valence-corrected chi connectivity index (χ0v) is 21.3. The van der Waals surface area contributed by atoms with Crippen LogP contribution < -0.4 is 5.32 Å². The first-order chi connectivity index (χ1) is 14.8. The quantitative estimate of drug-likeness (QED) is 0.119. The van der Waals surface area contributed by atoms with E-state index in [1.54, 1.807) is 0 Å². The van der Waals surface area contributed by atoms with E-state index >= 15 is 0 Å². The first-order valence-electron chi connectivity index (χ1n) is 12.8. The molecule has 0 fully saturated rings. The number of carbonyl (C=O) groups is 1. The lowest BCUT2D eigenvalue weighted by molar-refractivity contribution is -0.869. The Balaban J connectivity index is 3.29. The fourth-order valence-electron chi connectivity index (χ4n) is 3.37. The molecule has 0 saturated heterocycles. The molecule has 0 saturated carbocycles. The highest BCUT2D eigenvalue weighted by Crippen LogP contribution is 2.13. The first-order valence-corrected chi connectivity index (χ1v) is 12.8. The SMILES string of the molecule is C=C(COCCCCCCCCCCCCCCCC)COC(=O)NCC[N+](C)(C)C. The van der Waals surface area contributed by atoms with Crippen molar-refractivity contribution in [3.05, 3.63) is 12.2 Å². The lowest BCUT2D eigenvalue weighted by Crippen LogP contribution is -2.42. The Labute approximate surface area is 193 Å². The number of rotatable bonds is 22. The Morgan fingerprint density at radius 3 is 1.74 bits per heavy atom. The molecule has 1 N–H and O–H groups in total. The molecule has 5 heteroatoms. The van der Waals surface area contributed by atoms with E-state index in [1.807, 2.05) is 0 Å². The van der Waals surface area contributed by atoms with Crippen LogP contribution in [0.5, 0.6) is 0 Å². The molecule has 0 aliphatic heterocycles. The lowest BCUT2D eigenvalue weighted by Gasteiger charge is -2.23. The van der Waals surface area contributed by atoms with Gasteiger partial charge in [0.25, 0.3) is 0 Å². The summed E-state index contributed by atoms with van der Waals surface area (Å²) in [6.07, 6.45) is 18.7. The van der Waals surface area contributed by atoms with Gasteiger partial charge in [-0.05, 0) is 12.0 Å². The topological polar surface area (TPSA) is 47.6 Å². The highest BCUT2D eigenvalue weighted by atomic mass is 16.5. The normalized spacial score (nSPS) is 11.5. The van der Waals surface area contributed by atoms with Gasteiger partial charge >= 0.3 is 6.09 Å². The van der Waals surface area contributed by atoms with Gasteiger partial charge in [-0.25, -0.2) is 4.79 Å². The van der Waals surface area contributed by atoms with Crippen LogP contribution in [0.2, 0.25) is 0 Å². The molecule has 0 rings (SSSR count). The average Bonchev–Trinajstić information content (AvgIpc) is 2.71. The van der Waals surface area contributed by atoms with Gasteiger partial charge in [-0.2, -0.15) is 0 Å². The molecule has 5 nitrogen and oxygen atoms in total. The Morgan fingerprint density at radius 2 is 1.26 bits per heavy atom. The van der Waals surface area contributed by atoms with Gasteiger partial charge < -0.3 is 19.3 Å². The molecule has 0 unspecified atom stereocenters. The second-order valence-electron chi connectivity index (χ2n) is 9.92. The molecule has 184 valence electrons. The van der Waals surface area contributed by atoms with Gasteiger partial charge in [0.15, 0.2) is 0 Å². The molecule has 0 bridgehead atoms. The van der Waals surface area contributed by atoms with Gasteiger partial charge in [0.05, 0.1) is 40.8 Å². The van der Waals surface area contributed by atoms with E-state index in [-0.39, 0.29) is 12.7 Å². The minimum Gasteiger partial charge on any atom is -0.445 e. The molecule has 1 amide bonds. The summed E-state index contributed by atoms with van der Waals surface area (Å²) < 4.78 is 11.6. The molecule has 0 spiro atoms. The van der Waals surface area contributed by atoms with E-state index < -0.39 is 0 Å². The van der Waals surface area contributed by atoms with Crippen molar-refractivity contribution >= 4 is 6.09 Å². The van der Waals surface area contributed by atoms with E-state index in [4.69, 9.17) is 9.47 Å². The number of quaternary nitrogens is 1. The summed E-state index contributed by atoms with van der Waals surface area (Å²) in [4.78, 5) is 11.6. The summed E-state index contributed by atoms with van der Waals surface area (Å²) in [6, 6.07) is 0. The van der Waals surface area contributed by atoms with Crippen LogP contribution in [-0.4, -0.2) is 64.6 Å². The lowest BCUT2D eigenvalue weighted by atomic mass is 10.0. The molecule has 31 heavy (non-hydrogen) atoms. The van der Waals surface area contributed by atoms with Crippen LogP contribution in [0.25, 0.3) is 0 Å². The second kappa shape index (κ2) is 20.8. The van der Waals surface area contributed by atoms with E-state index in [2.05, 4.69) is 40.0 Å². The number of alkyl carbamates (subject to hydrolysis) is 1. The number of amides is 1. The molecule has 0 heterocycles. The summed E-state index contributed by atoms with van der Waals surface area (Å²) in [5, 5.41) is 2.76. The van der Waals surface area contributed by atoms with Crippen molar-refractivity contribution in [2.45, 2.75) is 96.8 Å². The highest BCUT2D eigenvalue weighted by molar-refractivity contribution is 5.67. The Hall–Kier alpha value is -1.07. The number of hydrogen-bond acceptors (Lipinski definition) is 3. The van der Waals surface area contributed by atoms with Gasteiger partial charge in [0, 0.05) is 6.61 Å². The fourth-order valence-corrected chi connectivity index (χ4v) is 3.37. The first kappa shape index (κ1) is 29.9. The minimum absolute atomic E-state index is 0.217. The smallest absolute Gasteiger partial charge is 0.407 e. The van der Waals surface area contributed by atoms with Crippen molar-refractivity contribution in [1.29, 1.82) is 0 Å². The van der Waals surface area contributed by atoms with Crippen LogP contribution in [-0.2, 0) is 9.47 Å². The Bertz CT molecular complexity index is 433. The highest BCUT2D eigenvalue weighted by Gasteiger charge is 2.08. The molecular weight excluding hydrogens is 388 g/mol. The number of carbonyl (C=O) groups excluding carboxylic acids is 1. The van der Waals surface area contributed by atoms with Crippen molar-refractivity contribution in [3.8, 4) is 0 Å². The Kier molecular flexibility index (Phi) is 20.1. The van der Waals surface area contributed by atoms with Crippen LogP contribution in [0.15, 0.2) is 12.2 Å². The van der Waals surface area contributed by atoms with Crippen LogP contribution in [0.1, 0.15) is 96.8 Å². The number of nitrogens with one attached hydrogen (secondary N) is 1. The largest absolute Gasteiger partial charge is 0.445 e. The zero-order valence-electron chi connectivity index (χ0n) is 21.3. The third kappa shape index (κ3) is 25.1. The summed E-state index contributed by atoms with van der Waals surface area (Å²) >= 11 is 0. The maximum Gasteiger partial charge on any atom is 0.407 e. The molecule has 0 aliphatic carbocycles. The van der Waals surface area contributed by atoms with Crippen molar-refractivity contribution in [2.24, 2.45) is 0 Å². The predicted molar refractivity (Wildman–Crippen MR) is 133 cm³/mol. The van der Waals surface area contributed by atoms with Crippen LogP contribution in [0.3, 0.4) is 0 Å². The summed E-state index contributed by atoms with van der Waals surface area (Å²) in [6.45, 7) is 9.10. The van der Waals surface area contributed by atoms with Crippen LogP contribution in [0.4, 0.5) is 4.79 Å². The summed E-state index contributed by atoms with van der Waals surface area (Å²) in [5.74, 6) is 0. The minimum atomic E-state index is -0.387. The molecule has 0 aromatic rings. The molecule has 0 aromatic heterocycles. The third-order valence-electron chi connectivity index (χ3n) is 5.41. The van der Waals surface area contributed by atoms with Crippen molar-refractivity contribution in [2.75, 3.05) is 54.1 Å². The zero-order chi connectivity index (χ0) is 23.2. The monoisotopic (exact) mass is 441 g/mol. The predicted octanol–water partition coefficient (Wildman–Crippen LogP) is 6.47. The fraction of sp³-hybridized carbons (Fsp3) is 0.885. The van der Waals surface area contributed by atoms with Crippen molar-refractivity contribution < 1.29 is 18.8 Å². The molecule has 0 aromatic carbocycles. The van der Waals surface area contributed by atoms with E-state index in [0.29, 0.717) is 13.2 Å². The second-order valence-corrected chi connectivity index (χ2v) is 9.92. The number of nitrogens with zero attached hydrogens (tertiary/aromatic N) is 1. The van der Waals surface area contributed by atoms with Crippen molar-refractivity contribution in [3.63, 3.8) is 0 Å². The Morgan fingerprint density at radius 1 is 0.774 bits per heavy atom. The van der Waals surface area contributed by atoms with Gasteiger partial charge in [-0.1, -0.05) is 97.0 Å². The summed E-state index contributed by atoms with van der Waals surface area (Å²) in [5.41, 5.74) is 0.798. The van der Waals surface area contributed by atoms with Gasteiger partial charge in [0.1, 0.15) is 6.61 Å². The number of ether oxygens (including phenoxy) is 2. The maximum atomic E-state index is 11.6. The number of unbranched alkanes of at least 4 members (excludes halogenated alkanes) is 13. The van der Waals surface area contributed by atoms with E-state index in [1.165, 1.54) is 83.5 Å². The number of hydrogen-bond donors (Lipinski definition) is 1. The van der Waals surface area contributed by atoms with E-state index in [9.17, 15) is 4.79 Å². The maximum absolute atomic E-state index is 11.6. The van der Waals surface area contributed by atoms with Gasteiger partial charge in [-0.3, -0.25) is 0 Å². The van der Waals surface area contributed by atoms with E-state index in [0.717, 1.165) is 29.6 Å². The van der Waals surface area contributed by atoms with Crippen molar-refractivity contribution in [1.82, 2.24) is 5.32 Å². The molecule has 0 radical (unpaired) electrons. The van der Waals surface area contributed by atoms with Gasteiger partial charge in [0.2, 0.25) is 0 Å².